The summed E-state index contributed by atoms with van der Waals surface area (Å²) in [6.07, 6.45) is -0.748. The summed E-state index contributed by atoms with van der Waals surface area (Å²) in [4.78, 5) is 13.9. The fourth-order valence-corrected chi connectivity index (χ4v) is 3.56. The molecule has 0 N–H and O–H groups in total. The van der Waals surface area contributed by atoms with Crippen LogP contribution < -0.4 is 4.74 Å². The highest BCUT2D eigenvalue weighted by atomic mass is 35.5. The van der Waals surface area contributed by atoms with Crippen molar-refractivity contribution in [2.75, 3.05) is 0 Å². The Kier molecular flexibility index (Phi) is 6.15. The van der Waals surface area contributed by atoms with Crippen molar-refractivity contribution < 1.29 is 9.53 Å². The lowest BCUT2D eigenvalue weighted by Gasteiger charge is -2.20. The number of benzene rings is 3. The van der Waals surface area contributed by atoms with Gasteiger partial charge in [0.15, 0.2) is 6.10 Å². The predicted octanol–water partition coefficient (Wildman–Crippen LogP) is 5.73. The van der Waals surface area contributed by atoms with Crippen molar-refractivity contribution in [2.45, 2.75) is 15.7 Å². The number of hydrogen-bond acceptors (Lipinski definition) is 3. The molecule has 0 fully saturated rings. The Balaban J connectivity index is 1.81. The van der Waals surface area contributed by atoms with Crippen LogP contribution in [0, 0.1) is 0 Å². The highest BCUT2D eigenvalue weighted by Gasteiger charge is 2.29. The van der Waals surface area contributed by atoms with Gasteiger partial charge in [0.05, 0.1) is 0 Å². The number of carbonyl (C=O) groups excluding carboxylic acids is 1. The Morgan fingerprint density at radius 3 is 1.92 bits per heavy atom. The fourth-order valence-electron chi connectivity index (χ4n) is 2.35. The highest BCUT2D eigenvalue weighted by molar-refractivity contribution is 8.01. The van der Waals surface area contributed by atoms with E-state index in [2.05, 4.69) is 0 Å². The second-order valence-corrected chi connectivity index (χ2v) is 7.24. The van der Waals surface area contributed by atoms with Crippen LogP contribution in [0.25, 0.3) is 0 Å². The van der Waals surface area contributed by atoms with Crippen molar-refractivity contribution in [3.8, 4) is 5.75 Å². The topological polar surface area (TPSA) is 26.3 Å². The molecule has 0 spiro atoms. The second kappa shape index (κ2) is 8.75. The third kappa shape index (κ3) is 4.88. The number of para-hydroxylation sites is 1. The van der Waals surface area contributed by atoms with Crippen LogP contribution in [0.1, 0.15) is 11.7 Å². The van der Waals surface area contributed by atoms with Gasteiger partial charge < -0.3 is 4.74 Å². The van der Waals surface area contributed by atoms with Gasteiger partial charge >= 0.3 is 0 Å². The molecule has 2 atom stereocenters. The van der Waals surface area contributed by atoms with Gasteiger partial charge in [0.1, 0.15) is 10.5 Å². The molecule has 0 saturated carbocycles. The van der Waals surface area contributed by atoms with E-state index >= 15 is 0 Å². The minimum atomic E-state index is -0.748. The van der Waals surface area contributed by atoms with E-state index in [4.69, 9.17) is 16.3 Å². The van der Waals surface area contributed by atoms with Crippen LogP contribution in [0.2, 0.25) is 0 Å². The smallest absolute Gasteiger partial charge is 0.206 e. The average molecular weight is 369 g/mol. The molecule has 25 heavy (non-hydrogen) atoms. The number of Topliss-reactive ketones (excluding diaryl/α,β-unsaturated/α-hetero) is 1. The van der Waals surface area contributed by atoms with Crippen molar-refractivity contribution in [3.05, 3.63) is 96.6 Å². The first-order valence-electron chi connectivity index (χ1n) is 7.90. The molecule has 0 aromatic heterocycles. The lowest BCUT2D eigenvalue weighted by molar-refractivity contribution is -0.124. The maximum atomic E-state index is 13.0. The summed E-state index contributed by atoms with van der Waals surface area (Å²) in [5, 5.41) is 0. The van der Waals surface area contributed by atoms with E-state index in [-0.39, 0.29) is 5.78 Å². The van der Waals surface area contributed by atoms with E-state index in [0.29, 0.717) is 5.75 Å². The SMILES string of the molecule is O=C([C@H](Cl)Sc1ccccc1)[C@H](Oc1ccccc1)c1ccccc1. The van der Waals surface area contributed by atoms with Crippen molar-refractivity contribution in [1.29, 1.82) is 0 Å². The molecule has 3 aromatic rings. The van der Waals surface area contributed by atoms with Gasteiger partial charge in [0.25, 0.3) is 0 Å². The number of thioether (sulfide) groups is 1. The van der Waals surface area contributed by atoms with E-state index < -0.39 is 10.8 Å². The zero-order valence-electron chi connectivity index (χ0n) is 13.4. The second-order valence-electron chi connectivity index (χ2n) is 5.37. The lowest BCUT2D eigenvalue weighted by atomic mass is 10.1. The molecule has 0 radical (unpaired) electrons. The molecule has 0 amide bonds. The van der Waals surface area contributed by atoms with Gasteiger partial charge in [0, 0.05) is 4.90 Å². The molecule has 3 aromatic carbocycles. The van der Waals surface area contributed by atoms with Crippen molar-refractivity contribution >= 4 is 29.1 Å². The maximum Gasteiger partial charge on any atom is 0.206 e. The standard InChI is InChI=1S/C21H17ClO2S/c22-21(25-18-14-8-3-9-15-18)19(23)20(16-10-4-1-5-11-16)24-17-12-6-2-7-13-17/h1-15,20-21H/t20-,21-/m1/s1. The Bertz CT molecular complexity index is 794. The van der Waals surface area contributed by atoms with E-state index in [0.717, 1.165) is 10.5 Å². The first-order valence-corrected chi connectivity index (χ1v) is 9.22. The molecule has 0 aliphatic rings. The largest absolute Gasteiger partial charge is 0.478 e. The van der Waals surface area contributed by atoms with E-state index in [1.165, 1.54) is 11.8 Å². The van der Waals surface area contributed by atoms with Gasteiger partial charge in [-0.15, -0.1) is 11.6 Å². The Hall–Kier alpha value is -2.23. The Morgan fingerprint density at radius 2 is 1.32 bits per heavy atom. The number of hydrogen-bond donors (Lipinski definition) is 0. The first kappa shape index (κ1) is 17.6. The zero-order valence-corrected chi connectivity index (χ0v) is 15.0. The van der Waals surface area contributed by atoms with Gasteiger partial charge in [-0.05, 0) is 29.8 Å². The molecule has 4 heteroatoms. The summed E-state index contributed by atoms with van der Waals surface area (Å²) in [5.41, 5.74) is 0.788. The molecule has 3 rings (SSSR count). The van der Waals surface area contributed by atoms with Crippen LogP contribution >= 0.6 is 23.4 Å². The van der Waals surface area contributed by atoms with Crippen molar-refractivity contribution in [2.24, 2.45) is 0 Å². The van der Waals surface area contributed by atoms with E-state index in [9.17, 15) is 4.79 Å². The molecule has 0 aliphatic carbocycles. The third-order valence-electron chi connectivity index (χ3n) is 3.56. The molecule has 126 valence electrons. The van der Waals surface area contributed by atoms with Crippen LogP contribution in [0.3, 0.4) is 0 Å². The lowest BCUT2D eigenvalue weighted by Crippen LogP contribution is -2.25. The van der Waals surface area contributed by atoms with Crippen LogP contribution in [-0.4, -0.2) is 10.5 Å². The Morgan fingerprint density at radius 1 is 0.800 bits per heavy atom. The summed E-state index contributed by atoms with van der Waals surface area (Å²) in [7, 11) is 0. The van der Waals surface area contributed by atoms with Crippen molar-refractivity contribution in [3.63, 3.8) is 0 Å². The number of ketones is 1. The molecule has 0 aliphatic heterocycles. The summed E-state index contributed by atoms with van der Waals surface area (Å²) in [6, 6.07) is 28.4. The quantitative estimate of drug-likeness (QED) is 0.393. The Labute approximate surface area is 156 Å². The first-order chi connectivity index (χ1) is 12.2. The summed E-state index contributed by atoms with van der Waals surface area (Å²) in [5.74, 6) is 0.462. The number of carbonyl (C=O) groups is 1. The van der Waals surface area contributed by atoms with Gasteiger partial charge in [-0.25, -0.2) is 0 Å². The normalized spacial score (nSPS) is 13.0. The number of halogens is 1. The number of alkyl halides is 1. The van der Waals surface area contributed by atoms with Gasteiger partial charge in [-0.1, -0.05) is 78.5 Å². The molecule has 0 heterocycles. The van der Waals surface area contributed by atoms with Crippen LogP contribution in [0.15, 0.2) is 95.9 Å². The zero-order chi connectivity index (χ0) is 17.5. The number of rotatable bonds is 7. The van der Waals surface area contributed by atoms with E-state index in [1.807, 2.05) is 91.0 Å². The molecule has 0 unspecified atom stereocenters. The predicted molar refractivity (Wildman–Crippen MR) is 103 cm³/mol. The van der Waals surface area contributed by atoms with E-state index in [1.54, 1.807) is 0 Å². The number of ether oxygens (including phenoxy) is 1. The van der Waals surface area contributed by atoms with Crippen LogP contribution in [-0.2, 0) is 4.79 Å². The van der Waals surface area contributed by atoms with Crippen LogP contribution in [0.5, 0.6) is 5.75 Å². The van der Waals surface area contributed by atoms with Gasteiger partial charge in [0.2, 0.25) is 5.78 Å². The van der Waals surface area contributed by atoms with Gasteiger partial charge in [-0.2, -0.15) is 0 Å². The molecular formula is C21H17ClO2S. The summed E-state index contributed by atoms with van der Waals surface area (Å²) >= 11 is 7.73. The third-order valence-corrected chi connectivity index (χ3v) is 5.03. The molecule has 2 nitrogen and oxygen atoms in total. The average Bonchev–Trinajstić information content (AvgIpc) is 2.68. The van der Waals surface area contributed by atoms with Crippen LogP contribution in [0.4, 0.5) is 0 Å². The van der Waals surface area contributed by atoms with Gasteiger partial charge in [-0.3, -0.25) is 4.79 Å². The van der Waals surface area contributed by atoms with Crippen molar-refractivity contribution in [1.82, 2.24) is 0 Å². The highest BCUT2D eigenvalue weighted by Crippen LogP contribution is 2.32. The maximum absolute atomic E-state index is 13.0. The minimum absolute atomic E-state index is 0.175. The molecular weight excluding hydrogens is 352 g/mol. The summed E-state index contributed by atoms with van der Waals surface area (Å²) < 4.78 is 5.23. The molecule has 0 bridgehead atoms. The minimum Gasteiger partial charge on any atom is -0.478 e. The fraction of sp³-hybridized carbons (Fsp3) is 0.0952. The molecule has 0 saturated heterocycles. The summed E-state index contributed by atoms with van der Waals surface area (Å²) in [6.45, 7) is 0. The monoisotopic (exact) mass is 368 g/mol.